The van der Waals surface area contributed by atoms with Crippen molar-refractivity contribution in [2.45, 2.75) is 38.3 Å². The maximum atomic E-state index is 12.3. The third-order valence-corrected chi connectivity index (χ3v) is 5.86. The number of aromatic nitrogens is 6. The zero-order valence-corrected chi connectivity index (χ0v) is 16.8. The van der Waals surface area contributed by atoms with E-state index in [-0.39, 0.29) is 11.5 Å². The zero-order valence-electron chi connectivity index (χ0n) is 16.8. The van der Waals surface area contributed by atoms with Gasteiger partial charge in [-0.1, -0.05) is 5.16 Å². The van der Waals surface area contributed by atoms with E-state index in [2.05, 4.69) is 25.2 Å². The fraction of sp³-hybridized carbons (Fsp3) is 0.550. The van der Waals surface area contributed by atoms with Crippen LogP contribution in [0.5, 0.6) is 0 Å². The van der Waals surface area contributed by atoms with Gasteiger partial charge in [0.2, 0.25) is 5.89 Å². The van der Waals surface area contributed by atoms with Gasteiger partial charge in [0.05, 0.1) is 19.1 Å². The van der Waals surface area contributed by atoms with Crippen LogP contribution in [0.1, 0.15) is 36.9 Å². The Bertz CT molecular complexity index is 1020. The van der Waals surface area contributed by atoms with Crippen molar-refractivity contribution in [1.29, 1.82) is 0 Å². The first-order valence-electron chi connectivity index (χ1n) is 10.5. The van der Waals surface area contributed by atoms with Gasteiger partial charge in [0.15, 0.2) is 11.6 Å². The monoisotopic (exact) mass is 411 g/mol. The Morgan fingerprint density at radius 3 is 2.83 bits per heavy atom. The molecule has 2 aliphatic heterocycles. The Kier molecular flexibility index (Phi) is 5.41. The van der Waals surface area contributed by atoms with Crippen LogP contribution < -0.4 is 5.56 Å². The molecule has 0 saturated carbocycles. The van der Waals surface area contributed by atoms with E-state index in [1.54, 1.807) is 27.7 Å². The number of hydrogen-bond donors (Lipinski definition) is 0. The van der Waals surface area contributed by atoms with Crippen molar-refractivity contribution in [3.8, 4) is 5.82 Å². The number of ether oxygens (including phenoxy) is 1. The number of piperidine rings is 1. The summed E-state index contributed by atoms with van der Waals surface area (Å²) in [7, 11) is 0. The smallest absolute Gasteiger partial charge is 0.266 e. The summed E-state index contributed by atoms with van der Waals surface area (Å²) in [6.07, 6.45) is 6.46. The van der Waals surface area contributed by atoms with Gasteiger partial charge in [0.1, 0.15) is 0 Å². The molecule has 2 fully saturated rings. The van der Waals surface area contributed by atoms with Gasteiger partial charge in [-0.2, -0.15) is 10.1 Å². The molecule has 0 radical (unpaired) electrons. The third kappa shape index (κ3) is 4.19. The van der Waals surface area contributed by atoms with E-state index in [1.165, 1.54) is 0 Å². The molecule has 0 N–H and O–H groups in total. The highest BCUT2D eigenvalue weighted by molar-refractivity contribution is 5.17. The van der Waals surface area contributed by atoms with Crippen molar-refractivity contribution in [2.24, 2.45) is 5.92 Å². The Morgan fingerprint density at radius 2 is 2.07 bits per heavy atom. The van der Waals surface area contributed by atoms with Gasteiger partial charge >= 0.3 is 0 Å². The van der Waals surface area contributed by atoms with Crippen LogP contribution in [0, 0.1) is 5.92 Å². The molecule has 158 valence electrons. The van der Waals surface area contributed by atoms with Gasteiger partial charge in [0, 0.05) is 31.6 Å². The highest BCUT2D eigenvalue weighted by Crippen LogP contribution is 2.24. The number of likely N-dealkylation sites (tertiary alicyclic amines) is 1. The summed E-state index contributed by atoms with van der Waals surface area (Å²) in [6.45, 7) is 4.62. The van der Waals surface area contributed by atoms with Crippen LogP contribution in [0.3, 0.4) is 0 Å². The molecule has 1 unspecified atom stereocenters. The second-order valence-electron chi connectivity index (χ2n) is 7.99. The molecule has 2 aliphatic rings. The minimum Gasteiger partial charge on any atom is -0.381 e. The minimum absolute atomic E-state index is 0.0800. The normalized spacial score (nSPS) is 20.7. The molecule has 0 aliphatic carbocycles. The highest BCUT2D eigenvalue weighted by Gasteiger charge is 2.25. The quantitative estimate of drug-likeness (QED) is 0.597. The topological polar surface area (TPSA) is 104 Å². The third-order valence-electron chi connectivity index (χ3n) is 5.86. The van der Waals surface area contributed by atoms with E-state index >= 15 is 0 Å². The average molecular weight is 411 g/mol. The van der Waals surface area contributed by atoms with Crippen LogP contribution in [0.2, 0.25) is 0 Å². The largest absolute Gasteiger partial charge is 0.381 e. The summed E-state index contributed by atoms with van der Waals surface area (Å²) >= 11 is 0. The van der Waals surface area contributed by atoms with E-state index < -0.39 is 0 Å². The van der Waals surface area contributed by atoms with Crippen LogP contribution in [-0.2, 0) is 17.8 Å². The zero-order chi connectivity index (χ0) is 20.3. The highest BCUT2D eigenvalue weighted by atomic mass is 16.5. The molecule has 3 aromatic heterocycles. The van der Waals surface area contributed by atoms with Gasteiger partial charge < -0.3 is 9.26 Å². The van der Waals surface area contributed by atoms with Crippen LogP contribution in [0.25, 0.3) is 5.82 Å². The molecule has 0 aromatic carbocycles. The van der Waals surface area contributed by atoms with E-state index in [1.807, 2.05) is 12.3 Å². The molecule has 10 nitrogen and oxygen atoms in total. The Morgan fingerprint density at radius 1 is 1.17 bits per heavy atom. The lowest BCUT2D eigenvalue weighted by molar-refractivity contribution is 0.159. The molecule has 1 atom stereocenters. The molecule has 0 amide bonds. The van der Waals surface area contributed by atoms with Crippen LogP contribution >= 0.6 is 0 Å². The van der Waals surface area contributed by atoms with Gasteiger partial charge in [-0.3, -0.25) is 9.69 Å². The molecule has 5 heterocycles. The first kappa shape index (κ1) is 19.1. The fourth-order valence-corrected chi connectivity index (χ4v) is 4.09. The predicted octanol–water partition coefficient (Wildman–Crippen LogP) is 1.23. The lowest BCUT2D eigenvalue weighted by Crippen LogP contribution is -2.36. The van der Waals surface area contributed by atoms with E-state index in [4.69, 9.17) is 9.26 Å². The molecular weight excluding hydrogens is 386 g/mol. The molecular formula is C20H25N7O3. The van der Waals surface area contributed by atoms with Gasteiger partial charge in [-0.25, -0.2) is 9.36 Å². The van der Waals surface area contributed by atoms with Crippen LogP contribution in [0.15, 0.2) is 39.9 Å². The first-order chi connectivity index (χ1) is 14.7. The standard InChI is InChI=1S/C20H25N7O3/c28-19-3-2-18(26-8-1-7-21-26)23-27(19)12-15-4-9-25(10-5-15)13-17-22-20(30-24-17)16-6-11-29-14-16/h1-3,7-8,15-16H,4-6,9-14H2. The summed E-state index contributed by atoms with van der Waals surface area (Å²) in [5.74, 6) is 2.73. The predicted molar refractivity (Wildman–Crippen MR) is 106 cm³/mol. The summed E-state index contributed by atoms with van der Waals surface area (Å²) in [5.41, 5.74) is -0.0800. The first-order valence-corrected chi connectivity index (χ1v) is 10.5. The van der Waals surface area contributed by atoms with Crippen LogP contribution in [0.4, 0.5) is 0 Å². The van der Waals surface area contributed by atoms with Gasteiger partial charge in [-0.15, -0.1) is 5.10 Å². The minimum atomic E-state index is -0.0800. The maximum absolute atomic E-state index is 12.3. The van der Waals surface area contributed by atoms with Crippen molar-refractivity contribution >= 4 is 0 Å². The summed E-state index contributed by atoms with van der Waals surface area (Å²) in [6, 6.07) is 5.09. The van der Waals surface area contributed by atoms with E-state index in [9.17, 15) is 4.79 Å². The second kappa shape index (κ2) is 8.49. The summed E-state index contributed by atoms with van der Waals surface area (Å²) < 4.78 is 14.0. The average Bonchev–Trinajstić information content (AvgIpc) is 3.53. The molecule has 3 aromatic rings. The summed E-state index contributed by atoms with van der Waals surface area (Å²) in [5, 5.41) is 12.8. The van der Waals surface area contributed by atoms with E-state index in [0.29, 0.717) is 37.3 Å². The fourth-order valence-electron chi connectivity index (χ4n) is 4.09. The molecule has 10 heteroatoms. The van der Waals surface area contributed by atoms with Crippen molar-refractivity contribution in [2.75, 3.05) is 26.3 Å². The molecule has 5 rings (SSSR count). The Hall–Kier alpha value is -2.85. The van der Waals surface area contributed by atoms with Crippen molar-refractivity contribution in [3.05, 3.63) is 52.7 Å². The number of hydrogen-bond acceptors (Lipinski definition) is 8. The number of rotatable bonds is 6. The van der Waals surface area contributed by atoms with Gasteiger partial charge in [-0.05, 0) is 50.4 Å². The van der Waals surface area contributed by atoms with Crippen molar-refractivity contribution < 1.29 is 9.26 Å². The SMILES string of the molecule is O=c1ccc(-n2cccn2)nn1CC1CCN(Cc2noc(C3CCOC3)n2)CC1. The lowest BCUT2D eigenvalue weighted by Gasteiger charge is -2.31. The maximum Gasteiger partial charge on any atom is 0.266 e. The molecule has 0 spiro atoms. The van der Waals surface area contributed by atoms with Crippen molar-refractivity contribution in [3.63, 3.8) is 0 Å². The molecule has 30 heavy (non-hydrogen) atoms. The Balaban J connectivity index is 1.16. The van der Waals surface area contributed by atoms with Crippen LogP contribution in [-0.4, -0.2) is 60.9 Å². The molecule has 2 saturated heterocycles. The van der Waals surface area contributed by atoms with Gasteiger partial charge in [0.25, 0.3) is 5.56 Å². The second-order valence-corrected chi connectivity index (χ2v) is 7.99. The number of nitrogens with zero attached hydrogens (tertiary/aromatic N) is 7. The Labute approximate surface area is 173 Å². The van der Waals surface area contributed by atoms with Crippen molar-refractivity contribution in [1.82, 2.24) is 34.6 Å². The van der Waals surface area contributed by atoms with E-state index in [0.717, 1.165) is 44.8 Å². The molecule has 0 bridgehead atoms. The lowest BCUT2D eigenvalue weighted by atomic mass is 9.97. The summed E-state index contributed by atoms with van der Waals surface area (Å²) in [4.78, 5) is 19.2.